The lowest BCUT2D eigenvalue weighted by Gasteiger charge is -2.08. The molecule has 0 unspecified atom stereocenters. The van der Waals surface area contributed by atoms with Crippen LogP contribution in [0.3, 0.4) is 0 Å². The molecule has 0 N–H and O–H groups in total. The molecule has 2 rings (SSSR count). The molecule has 0 fully saturated rings. The number of rotatable bonds is 4. The molecule has 0 saturated heterocycles. The molecule has 0 spiro atoms. The smallest absolute Gasteiger partial charge is 0.332 e. The quantitative estimate of drug-likeness (QED) is 0.485. The fourth-order valence-electron chi connectivity index (χ4n) is 2.06. The highest BCUT2D eigenvalue weighted by Crippen LogP contribution is 2.28. The zero-order valence-electron chi connectivity index (χ0n) is 11.7. The highest BCUT2D eigenvalue weighted by Gasteiger charge is 2.10. The first-order valence-electron chi connectivity index (χ1n) is 6.69. The Morgan fingerprint density at radius 2 is 1.81 bits per heavy atom. The molecule has 3 nitrogen and oxygen atoms in total. The minimum absolute atomic E-state index is 0.286. The summed E-state index contributed by atoms with van der Waals surface area (Å²) in [5.41, 5.74) is 2.93. The first kappa shape index (κ1) is 14.5. The number of hydrogen-bond acceptors (Lipinski definition) is 3. The Morgan fingerprint density at radius 3 is 2.48 bits per heavy atom. The van der Waals surface area contributed by atoms with Gasteiger partial charge in [-0.15, -0.1) is 0 Å². The fraction of sp³-hybridized carbons (Fsp3) is 0.111. The molecule has 0 bridgehead atoms. The van der Waals surface area contributed by atoms with Gasteiger partial charge >= 0.3 is 5.97 Å². The van der Waals surface area contributed by atoms with Gasteiger partial charge < -0.3 is 4.74 Å². The van der Waals surface area contributed by atoms with Crippen molar-refractivity contribution in [3.63, 3.8) is 0 Å². The second kappa shape index (κ2) is 7.06. The summed E-state index contributed by atoms with van der Waals surface area (Å²) in [6.45, 7) is 2.02. The maximum absolute atomic E-state index is 11.6. The van der Waals surface area contributed by atoms with Crippen molar-refractivity contribution < 1.29 is 9.53 Å². The number of nitrogens with zero attached hydrogens (tertiary/aromatic N) is 1. The van der Waals surface area contributed by atoms with Gasteiger partial charge in [0.05, 0.1) is 12.2 Å². The van der Waals surface area contributed by atoms with Gasteiger partial charge in [0.25, 0.3) is 0 Å². The summed E-state index contributed by atoms with van der Waals surface area (Å²) in [6.07, 6.45) is 1.24. The average Bonchev–Trinajstić information content (AvgIpc) is 2.54. The molecular weight excluding hydrogens is 262 g/mol. The van der Waals surface area contributed by atoms with Crippen molar-refractivity contribution in [2.75, 3.05) is 6.61 Å². The van der Waals surface area contributed by atoms with Crippen molar-refractivity contribution >= 4 is 11.5 Å². The van der Waals surface area contributed by atoms with Gasteiger partial charge in [0.1, 0.15) is 6.07 Å². The van der Waals surface area contributed by atoms with Gasteiger partial charge in [-0.25, -0.2) is 4.79 Å². The largest absolute Gasteiger partial charge is 0.463 e. The van der Waals surface area contributed by atoms with Crippen LogP contribution in [0.4, 0.5) is 0 Å². The number of carbonyl (C=O) groups is 1. The lowest BCUT2D eigenvalue weighted by molar-refractivity contribution is -0.137. The summed E-state index contributed by atoms with van der Waals surface area (Å²) >= 11 is 0. The van der Waals surface area contributed by atoms with E-state index in [2.05, 4.69) is 6.07 Å². The van der Waals surface area contributed by atoms with E-state index in [1.807, 2.05) is 54.6 Å². The molecule has 0 saturated carbocycles. The number of allylic oxidation sites excluding steroid dienone is 1. The minimum atomic E-state index is -0.503. The molecule has 0 radical (unpaired) electrons. The number of benzene rings is 2. The van der Waals surface area contributed by atoms with Gasteiger partial charge in [-0.05, 0) is 18.1 Å². The van der Waals surface area contributed by atoms with Crippen LogP contribution in [-0.2, 0) is 9.53 Å². The Labute approximate surface area is 124 Å². The summed E-state index contributed by atoms with van der Waals surface area (Å²) in [7, 11) is 0. The van der Waals surface area contributed by atoms with Crippen LogP contribution in [0, 0.1) is 11.3 Å². The number of carbonyl (C=O) groups excluding carboxylic acids is 1. The van der Waals surface area contributed by atoms with E-state index in [1.54, 1.807) is 6.92 Å². The topological polar surface area (TPSA) is 50.1 Å². The molecule has 2 aromatic rings. The molecule has 0 aliphatic rings. The van der Waals surface area contributed by atoms with E-state index in [-0.39, 0.29) is 6.61 Å². The lowest BCUT2D eigenvalue weighted by atomic mass is 9.95. The Bertz CT molecular complexity index is 697. The van der Waals surface area contributed by atoms with Crippen LogP contribution in [0.25, 0.3) is 16.7 Å². The van der Waals surface area contributed by atoms with Crippen molar-refractivity contribution in [2.45, 2.75) is 6.92 Å². The molecule has 0 aliphatic carbocycles. The number of nitriles is 1. The van der Waals surface area contributed by atoms with Gasteiger partial charge in [0, 0.05) is 11.6 Å². The Balaban J connectivity index is 2.49. The zero-order chi connectivity index (χ0) is 15.1. The van der Waals surface area contributed by atoms with E-state index in [4.69, 9.17) is 4.74 Å². The number of ether oxygens (including phenoxy) is 1. The van der Waals surface area contributed by atoms with Crippen LogP contribution in [-0.4, -0.2) is 12.6 Å². The monoisotopic (exact) mass is 277 g/mol. The van der Waals surface area contributed by atoms with Gasteiger partial charge in [-0.2, -0.15) is 5.26 Å². The standard InChI is InChI=1S/C18H15NO2/c1-2-21-18(20)12-15(13-19)17-11-7-6-10-16(17)14-8-4-3-5-9-14/h3-12H,2H2,1H3. The van der Waals surface area contributed by atoms with E-state index >= 15 is 0 Å². The molecule has 0 heterocycles. The first-order valence-corrected chi connectivity index (χ1v) is 6.69. The van der Waals surface area contributed by atoms with E-state index in [0.29, 0.717) is 5.57 Å². The highest BCUT2D eigenvalue weighted by molar-refractivity contribution is 5.98. The maximum atomic E-state index is 11.6. The van der Waals surface area contributed by atoms with Gasteiger partial charge in [-0.3, -0.25) is 0 Å². The number of esters is 1. The Kier molecular flexibility index (Phi) is 4.89. The molecule has 3 heteroatoms. The molecule has 104 valence electrons. The van der Waals surface area contributed by atoms with Gasteiger partial charge in [0.15, 0.2) is 0 Å². The van der Waals surface area contributed by atoms with E-state index in [0.717, 1.165) is 16.7 Å². The van der Waals surface area contributed by atoms with Crippen molar-refractivity contribution in [3.05, 3.63) is 66.2 Å². The molecule has 0 aromatic heterocycles. The van der Waals surface area contributed by atoms with Crippen molar-refractivity contribution in [3.8, 4) is 17.2 Å². The van der Waals surface area contributed by atoms with Crippen LogP contribution >= 0.6 is 0 Å². The zero-order valence-corrected chi connectivity index (χ0v) is 11.7. The van der Waals surface area contributed by atoms with E-state index in [9.17, 15) is 10.1 Å². The molecule has 0 amide bonds. The average molecular weight is 277 g/mol. The fourth-order valence-corrected chi connectivity index (χ4v) is 2.06. The predicted octanol–water partition coefficient (Wildman–Crippen LogP) is 3.82. The molecule has 21 heavy (non-hydrogen) atoms. The minimum Gasteiger partial charge on any atom is -0.463 e. The highest BCUT2D eigenvalue weighted by atomic mass is 16.5. The number of hydrogen-bond donors (Lipinski definition) is 0. The summed E-state index contributed by atoms with van der Waals surface area (Å²) in [4.78, 5) is 11.6. The second-order valence-electron chi connectivity index (χ2n) is 4.33. The molecule has 2 aromatic carbocycles. The summed E-state index contributed by atoms with van der Waals surface area (Å²) in [5.74, 6) is -0.503. The lowest BCUT2D eigenvalue weighted by Crippen LogP contribution is -2.01. The molecule has 0 aliphatic heterocycles. The Hall–Kier alpha value is -2.86. The predicted molar refractivity (Wildman–Crippen MR) is 82.1 cm³/mol. The van der Waals surface area contributed by atoms with Gasteiger partial charge in [-0.1, -0.05) is 54.6 Å². The summed E-state index contributed by atoms with van der Waals surface area (Å²) in [5, 5.41) is 9.34. The van der Waals surface area contributed by atoms with E-state index in [1.165, 1.54) is 6.08 Å². The van der Waals surface area contributed by atoms with Gasteiger partial charge in [0.2, 0.25) is 0 Å². The van der Waals surface area contributed by atoms with Crippen LogP contribution in [0.15, 0.2) is 60.7 Å². The first-order chi connectivity index (χ1) is 10.3. The summed E-state index contributed by atoms with van der Waals surface area (Å²) < 4.78 is 4.87. The van der Waals surface area contributed by atoms with Crippen molar-refractivity contribution in [1.29, 1.82) is 5.26 Å². The van der Waals surface area contributed by atoms with Crippen molar-refractivity contribution in [1.82, 2.24) is 0 Å². The third kappa shape index (κ3) is 3.58. The third-order valence-electron chi connectivity index (χ3n) is 2.97. The van der Waals surface area contributed by atoms with Crippen LogP contribution in [0.2, 0.25) is 0 Å². The molecular formula is C18H15NO2. The van der Waals surface area contributed by atoms with Crippen LogP contribution in [0.5, 0.6) is 0 Å². The third-order valence-corrected chi connectivity index (χ3v) is 2.97. The SMILES string of the molecule is CCOC(=O)C=C(C#N)c1ccccc1-c1ccccc1. The van der Waals surface area contributed by atoms with Crippen LogP contribution < -0.4 is 0 Å². The second-order valence-corrected chi connectivity index (χ2v) is 4.33. The molecule has 0 atom stereocenters. The normalized spacial score (nSPS) is 10.8. The summed E-state index contributed by atoms with van der Waals surface area (Å²) in [6, 6.07) is 19.3. The van der Waals surface area contributed by atoms with E-state index < -0.39 is 5.97 Å². The maximum Gasteiger partial charge on any atom is 0.332 e. The van der Waals surface area contributed by atoms with Crippen LogP contribution in [0.1, 0.15) is 12.5 Å². The van der Waals surface area contributed by atoms with Crippen molar-refractivity contribution in [2.24, 2.45) is 0 Å². The Morgan fingerprint density at radius 1 is 1.14 bits per heavy atom.